The first-order valence-electron chi connectivity index (χ1n) is 8.65. The van der Waals surface area contributed by atoms with Gasteiger partial charge in [-0.25, -0.2) is 26.9 Å². The average Bonchev–Trinajstić information content (AvgIpc) is 3.19. The van der Waals surface area contributed by atoms with E-state index in [1.807, 2.05) is 0 Å². The molecule has 0 saturated carbocycles. The molecule has 12 heteroatoms. The van der Waals surface area contributed by atoms with Crippen LogP contribution >= 0.6 is 0 Å². The molecule has 4 rings (SSSR count). The first kappa shape index (κ1) is 20.9. The zero-order valence-corrected chi connectivity index (χ0v) is 15.5. The standard InChI is InChI=1S/C20H8F5N3O4/c21-14-13(15(22)17(24)18(25)16(14)23)20-27-11-7-9(4-5-12(11)32-20)26-19(29)8-2-1-3-10(6-8)28(30)31/h1-7H,(H,26,29). The van der Waals surface area contributed by atoms with E-state index in [0.29, 0.717) is 0 Å². The van der Waals surface area contributed by atoms with Crippen LogP contribution in [0.15, 0.2) is 46.9 Å². The van der Waals surface area contributed by atoms with Gasteiger partial charge in [0.05, 0.1) is 4.92 Å². The van der Waals surface area contributed by atoms with Crippen LogP contribution in [0.2, 0.25) is 0 Å². The third-order valence-electron chi connectivity index (χ3n) is 4.39. The van der Waals surface area contributed by atoms with Gasteiger partial charge in [0.15, 0.2) is 28.9 Å². The number of nitro benzene ring substituents is 1. The van der Waals surface area contributed by atoms with E-state index < -0.39 is 51.4 Å². The Morgan fingerprint density at radius 3 is 2.25 bits per heavy atom. The van der Waals surface area contributed by atoms with Crippen LogP contribution < -0.4 is 5.32 Å². The van der Waals surface area contributed by atoms with Crippen LogP contribution in [0.25, 0.3) is 22.6 Å². The number of nitrogens with one attached hydrogen (secondary N) is 1. The van der Waals surface area contributed by atoms with Crippen molar-refractivity contribution in [2.24, 2.45) is 0 Å². The van der Waals surface area contributed by atoms with E-state index in [1.54, 1.807) is 0 Å². The highest BCUT2D eigenvalue weighted by Crippen LogP contribution is 2.33. The summed E-state index contributed by atoms with van der Waals surface area (Å²) in [6, 6.07) is 8.74. The molecule has 162 valence electrons. The molecule has 0 fully saturated rings. The minimum Gasteiger partial charge on any atom is -0.436 e. The quantitative estimate of drug-likeness (QED) is 0.149. The summed E-state index contributed by atoms with van der Waals surface area (Å²) in [5, 5.41) is 13.3. The molecular formula is C20H8F5N3O4. The second-order valence-corrected chi connectivity index (χ2v) is 6.41. The number of non-ortho nitro benzene ring substituents is 1. The maximum atomic E-state index is 14.0. The first-order valence-corrected chi connectivity index (χ1v) is 8.65. The highest BCUT2D eigenvalue weighted by molar-refractivity contribution is 6.05. The van der Waals surface area contributed by atoms with Crippen molar-refractivity contribution in [1.82, 2.24) is 4.98 Å². The van der Waals surface area contributed by atoms with E-state index >= 15 is 0 Å². The van der Waals surface area contributed by atoms with Crippen LogP contribution in [0.3, 0.4) is 0 Å². The van der Waals surface area contributed by atoms with Crippen molar-refractivity contribution in [1.29, 1.82) is 0 Å². The van der Waals surface area contributed by atoms with Gasteiger partial charge in [-0.3, -0.25) is 14.9 Å². The largest absolute Gasteiger partial charge is 0.436 e. The predicted molar refractivity (Wildman–Crippen MR) is 100 cm³/mol. The number of nitrogens with zero attached hydrogens (tertiary/aromatic N) is 2. The number of hydrogen-bond donors (Lipinski definition) is 1. The number of rotatable bonds is 4. The number of carbonyl (C=O) groups is 1. The average molecular weight is 449 g/mol. The van der Waals surface area contributed by atoms with Gasteiger partial charge in [-0.2, -0.15) is 0 Å². The van der Waals surface area contributed by atoms with Crippen molar-refractivity contribution in [2.45, 2.75) is 0 Å². The number of hydrogen-bond acceptors (Lipinski definition) is 5. The fourth-order valence-corrected chi connectivity index (χ4v) is 2.87. The third kappa shape index (κ3) is 3.51. The normalized spacial score (nSPS) is 11.0. The lowest BCUT2D eigenvalue weighted by molar-refractivity contribution is -0.384. The van der Waals surface area contributed by atoms with Crippen LogP contribution in [0.1, 0.15) is 10.4 Å². The molecular weight excluding hydrogens is 441 g/mol. The molecule has 0 saturated heterocycles. The molecule has 1 aromatic heterocycles. The fourth-order valence-electron chi connectivity index (χ4n) is 2.87. The Labute approximate surface area is 174 Å². The molecule has 3 aromatic carbocycles. The number of carbonyl (C=O) groups excluding carboxylic acids is 1. The van der Waals surface area contributed by atoms with E-state index in [1.165, 1.54) is 36.4 Å². The summed E-state index contributed by atoms with van der Waals surface area (Å²) >= 11 is 0. The van der Waals surface area contributed by atoms with Gasteiger partial charge in [0.2, 0.25) is 11.7 Å². The van der Waals surface area contributed by atoms with Gasteiger partial charge in [0.1, 0.15) is 11.1 Å². The molecule has 0 aliphatic rings. The van der Waals surface area contributed by atoms with E-state index in [-0.39, 0.29) is 28.0 Å². The van der Waals surface area contributed by atoms with Crippen molar-refractivity contribution in [3.05, 3.63) is 87.2 Å². The van der Waals surface area contributed by atoms with E-state index in [4.69, 9.17) is 4.42 Å². The molecule has 32 heavy (non-hydrogen) atoms. The number of aromatic nitrogens is 1. The smallest absolute Gasteiger partial charge is 0.270 e. The van der Waals surface area contributed by atoms with Crippen molar-refractivity contribution >= 4 is 28.4 Å². The zero-order chi connectivity index (χ0) is 23.2. The van der Waals surface area contributed by atoms with E-state index in [9.17, 15) is 36.9 Å². The lowest BCUT2D eigenvalue weighted by atomic mass is 10.1. The fraction of sp³-hybridized carbons (Fsp3) is 0. The van der Waals surface area contributed by atoms with Crippen LogP contribution in [0.4, 0.5) is 33.3 Å². The topological polar surface area (TPSA) is 98.3 Å². The molecule has 4 aromatic rings. The van der Waals surface area contributed by atoms with E-state index in [0.717, 1.165) is 6.07 Å². The summed E-state index contributed by atoms with van der Waals surface area (Å²) in [6.45, 7) is 0. The van der Waals surface area contributed by atoms with Gasteiger partial charge in [-0.05, 0) is 24.3 Å². The minimum atomic E-state index is -2.31. The molecule has 0 radical (unpaired) electrons. The molecule has 0 aliphatic heterocycles. The van der Waals surface area contributed by atoms with Crippen LogP contribution in [-0.2, 0) is 0 Å². The highest BCUT2D eigenvalue weighted by atomic mass is 19.2. The van der Waals surface area contributed by atoms with Crippen molar-refractivity contribution in [2.75, 3.05) is 5.32 Å². The lowest BCUT2D eigenvalue weighted by Gasteiger charge is -2.04. The second-order valence-electron chi connectivity index (χ2n) is 6.41. The number of nitro groups is 1. The van der Waals surface area contributed by atoms with Gasteiger partial charge >= 0.3 is 0 Å². The van der Waals surface area contributed by atoms with Crippen LogP contribution in [0.5, 0.6) is 0 Å². The molecule has 1 amide bonds. The molecule has 0 spiro atoms. The monoisotopic (exact) mass is 449 g/mol. The Morgan fingerprint density at radius 2 is 1.59 bits per heavy atom. The predicted octanol–water partition coefficient (Wildman–Crippen LogP) is 5.35. The van der Waals surface area contributed by atoms with Gasteiger partial charge in [-0.15, -0.1) is 0 Å². The number of amides is 1. The SMILES string of the molecule is O=C(Nc1ccc2oc(-c3c(F)c(F)c(F)c(F)c3F)nc2c1)c1cccc([N+](=O)[O-])c1. The van der Waals surface area contributed by atoms with Crippen molar-refractivity contribution < 1.29 is 36.1 Å². The summed E-state index contributed by atoms with van der Waals surface area (Å²) < 4.78 is 73.3. The van der Waals surface area contributed by atoms with Crippen LogP contribution in [0, 0.1) is 39.2 Å². The second kappa shape index (κ2) is 7.72. The van der Waals surface area contributed by atoms with Gasteiger partial charge in [0.25, 0.3) is 11.6 Å². The maximum Gasteiger partial charge on any atom is 0.270 e. The Bertz CT molecular complexity index is 1390. The highest BCUT2D eigenvalue weighted by Gasteiger charge is 2.29. The number of halogens is 5. The maximum absolute atomic E-state index is 14.0. The number of benzene rings is 3. The lowest BCUT2D eigenvalue weighted by Crippen LogP contribution is -2.12. The van der Waals surface area contributed by atoms with Crippen molar-refractivity contribution in [3.8, 4) is 11.5 Å². The summed E-state index contributed by atoms with van der Waals surface area (Å²) in [6.07, 6.45) is 0. The van der Waals surface area contributed by atoms with Crippen LogP contribution in [-0.4, -0.2) is 15.8 Å². The Morgan fingerprint density at radius 1 is 0.938 bits per heavy atom. The molecule has 1 N–H and O–H groups in total. The summed E-state index contributed by atoms with van der Waals surface area (Å²) in [4.78, 5) is 26.3. The molecule has 1 heterocycles. The van der Waals surface area contributed by atoms with Gasteiger partial charge in [-0.1, -0.05) is 6.07 Å². The molecule has 0 bridgehead atoms. The van der Waals surface area contributed by atoms with E-state index in [2.05, 4.69) is 10.3 Å². The Balaban J connectivity index is 1.68. The summed E-state index contributed by atoms with van der Waals surface area (Å²) in [5.41, 5.74) is -1.62. The summed E-state index contributed by atoms with van der Waals surface area (Å²) in [7, 11) is 0. The van der Waals surface area contributed by atoms with Gasteiger partial charge in [0, 0.05) is 23.4 Å². The third-order valence-corrected chi connectivity index (χ3v) is 4.39. The first-order chi connectivity index (χ1) is 15.2. The number of anilines is 1. The van der Waals surface area contributed by atoms with Crippen molar-refractivity contribution in [3.63, 3.8) is 0 Å². The molecule has 7 nitrogen and oxygen atoms in total. The molecule has 0 unspecified atom stereocenters. The minimum absolute atomic E-state index is 0.0125. The summed E-state index contributed by atoms with van der Waals surface area (Å²) in [5.74, 6) is -12.4. The zero-order valence-electron chi connectivity index (χ0n) is 15.5. The van der Waals surface area contributed by atoms with Gasteiger partial charge < -0.3 is 9.73 Å². The Kier molecular flexibility index (Phi) is 5.04. The number of fused-ring (bicyclic) bond motifs is 1. The molecule has 0 atom stereocenters. The molecule has 0 aliphatic carbocycles. The Hall–Kier alpha value is -4.35. The number of oxazole rings is 1.